The van der Waals surface area contributed by atoms with Crippen LogP contribution in [0.15, 0.2) is 29.3 Å². The third kappa shape index (κ3) is 3.98. The Morgan fingerprint density at radius 1 is 1.17 bits per heavy atom. The molecule has 8 nitrogen and oxygen atoms in total. The van der Waals surface area contributed by atoms with E-state index in [1.54, 1.807) is 7.05 Å². The maximum atomic E-state index is 12.6. The van der Waals surface area contributed by atoms with Crippen LogP contribution in [0.1, 0.15) is 19.4 Å². The van der Waals surface area contributed by atoms with Crippen LogP contribution in [0.4, 0.5) is 4.79 Å². The van der Waals surface area contributed by atoms with E-state index in [0.717, 1.165) is 55.8 Å². The summed E-state index contributed by atoms with van der Waals surface area (Å²) in [6.07, 6.45) is -0.471. The number of aliphatic imine (C=N–C) groups is 1. The summed E-state index contributed by atoms with van der Waals surface area (Å²) in [6, 6.07) is 7.10. The fraction of sp³-hybridized carbons (Fsp3) is 0.571. The second-order valence-corrected chi connectivity index (χ2v) is 9.00. The lowest BCUT2D eigenvalue weighted by Gasteiger charge is -2.41. The summed E-state index contributed by atoms with van der Waals surface area (Å²) in [5.41, 5.74) is 1.13. The van der Waals surface area contributed by atoms with E-state index in [0.29, 0.717) is 5.92 Å². The number of carbonyl (C=O) groups is 2. The number of amides is 3. The molecule has 3 amide bonds. The summed E-state index contributed by atoms with van der Waals surface area (Å²) >= 11 is 6.32. The van der Waals surface area contributed by atoms with E-state index < -0.39 is 12.2 Å². The molecular weight excluding hydrogens is 404 g/mol. The van der Waals surface area contributed by atoms with Crippen molar-refractivity contribution in [2.75, 3.05) is 39.8 Å². The average Bonchev–Trinajstić information content (AvgIpc) is 3.08. The topological polar surface area (TPSA) is 71.5 Å². The first kappa shape index (κ1) is 20.9. The molecule has 0 radical (unpaired) electrons. The number of rotatable bonds is 4. The van der Waals surface area contributed by atoms with Crippen molar-refractivity contribution in [1.29, 1.82) is 0 Å². The molecule has 2 atom stereocenters. The van der Waals surface area contributed by atoms with E-state index in [2.05, 4.69) is 39.9 Å². The summed E-state index contributed by atoms with van der Waals surface area (Å²) in [6.45, 7) is 9.19. The Bertz CT molecular complexity index is 852. The number of imide groups is 1. The molecule has 0 bridgehead atoms. The van der Waals surface area contributed by atoms with E-state index in [1.807, 2.05) is 18.2 Å². The Morgan fingerprint density at radius 2 is 1.87 bits per heavy atom. The standard InChI is InChI=1S/C21H29ClN6O2/c1-14(2)12-28-17-18(25(3)21(30)24-19(17)29)23-20(28)27-10-8-26(9-11-27)13-15-6-4-5-7-16(15)22/h4-7,14,17-18H,8-13H2,1-3H3,(H,24,29,30). The summed E-state index contributed by atoms with van der Waals surface area (Å²) < 4.78 is 0. The van der Waals surface area contributed by atoms with Gasteiger partial charge < -0.3 is 14.7 Å². The van der Waals surface area contributed by atoms with E-state index >= 15 is 0 Å². The first-order chi connectivity index (χ1) is 14.3. The maximum Gasteiger partial charge on any atom is 0.325 e. The van der Waals surface area contributed by atoms with Crippen LogP contribution in [0.5, 0.6) is 0 Å². The molecule has 0 spiro atoms. The number of nitrogens with zero attached hydrogens (tertiary/aromatic N) is 5. The number of piperazine rings is 1. The fourth-order valence-corrected chi connectivity index (χ4v) is 4.53. The summed E-state index contributed by atoms with van der Waals surface area (Å²) in [7, 11) is 1.70. The number of likely N-dealkylation sites (N-methyl/N-ethyl adjacent to an activating group) is 1. The number of carbonyl (C=O) groups excluding carboxylic acids is 2. The highest BCUT2D eigenvalue weighted by Crippen LogP contribution is 2.27. The number of halogens is 1. The minimum Gasteiger partial charge on any atom is -0.340 e. The van der Waals surface area contributed by atoms with Crippen molar-refractivity contribution in [3.05, 3.63) is 34.9 Å². The predicted octanol–water partition coefficient (Wildman–Crippen LogP) is 1.66. The van der Waals surface area contributed by atoms with Crippen LogP contribution in [0.2, 0.25) is 5.02 Å². The Kier molecular flexibility index (Phi) is 5.88. The normalized spacial score (nSPS) is 25.0. The van der Waals surface area contributed by atoms with Crippen molar-refractivity contribution in [1.82, 2.24) is 24.9 Å². The molecule has 9 heteroatoms. The van der Waals surface area contributed by atoms with Gasteiger partial charge in [-0.3, -0.25) is 15.0 Å². The molecule has 4 rings (SSSR count). The van der Waals surface area contributed by atoms with Crippen molar-refractivity contribution in [2.24, 2.45) is 10.9 Å². The highest BCUT2D eigenvalue weighted by atomic mass is 35.5. The van der Waals surface area contributed by atoms with Gasteiger partial charge in [0.1, 0.15) is 0 Å². The highest BCUT2D eigenvalue weighted by molar-refractivity contribution is 6.31. The van der Waals surface area contributed by atoms with Crippen molar-refractivity contribution in [3.63, 3.8) is 0 Å². The van der Waals surface area contributed by atoms with E-state index in [9.17, 15) is 9.59 Å². The number of fused-ring (bicyclic) bond motifs is 1. The lowest BCUT2D eigenvalue weighted by atomic mass is 10.1. The monoisotopic (exact) mass is 432 g/mol. The summed E-state index contributed by atoms with van der Waals surface area (Å²) in [5, 5.41) is 3.26. The highest BCUT2D eigenvalue weighted by Gasteiger charge is 2.49. The van der Waals surface area contributed by atoms with Crippen LogP contribution in [0.25, 0.3) is 0 Å². The van der Waals surface area contributed by atoms with Crippen LogP contribution in [-0.2, 0) is 11.3 Å². The lowest BCUT2D eigenvalue weighted by Crippen LogP contribution is -2.65. The fourth-order valence-electron chi connectivity index (χ4n) is 4.34. The zero-order chi connectivity index (χ0) is 21.4. The molecule has 3 aliphatic heterocycles. The molecular formula is C21H29ClN6O2. The second kappa shape index (κ2) is 8.43. The Morgan fingerprint density at radius 3 is 2.53 bits per heavy atom. The molecule has 30 heavy (non-hydrogen) atoms. The quantitative estimate of drug-likeness (QED) is 0.783. The Balaban J connectivity index is 1.48. The predicted molar refractivity (Wildman–Crippen MR) is 116 cm³/mol. The third-order valence-electron chi connectivity index (χ3n) is 5.91. The maximum absolute atomic E-state index is 12.6. The van der Waals surface area contributed by atoms with Crippen molar-refractivity contribution < 1.29 is 9.59 Å². The van der Waals surface area contributed by atoms with Gasteiger partial charge in [0.15, 0.2) is 18.2 Å². The molecule has 2 saturated heterocycles. The van der Waals surface area contributed by atoms with Crippen LogP contribution in [0, 0.1) is 5.92 Å². The average molecular weight is 433 g/mol. The van der Waals surface area contributed by atoms with Gasteiger partial charge in [-0.25, -0.2) is 9.79 Å². The van der Waals surface area contributed by atoms with E-state index in [-0.39, 0.29) is 11.9 Å². The number of hydrogen-bond acceptors (Lipinski definition) is 6. The van der Waals surface area contributed by atoms with Gasteiger partial charge in [0.2, 0.25) is 0 Å². The van der Waals surface area contributed by atoms with Gasteiger partial charge in [-0.15, -0.1) is 0 Å². The molecule has 1 aromatic rings. The van der Waals surface area contributed by atoms with Crippen LogP contribution >= 0.6 is 11.6 Å². The van der Waals surface area contributed by atoms with Gasteiger partial charge >= 0.3 is 6.03 Å². The first-order valence-corrected chi connectivity index (χ1v) is 10.9. The molecule has 3 heterocycles. The van der Waals surface area contributed by atoms with E-state index in [1.165, 1.54) is 4.90 Å². The molecule has 2 fully saturated rings. The first-order valence-electron chi connectivity index (χ1n) is 10.5. The minimum absolute atomic E-state index is 0.264. The molecule has 0 aromatic heterocycles. The Labute approximate surface area is 182 Å². The lowest BCUT2D eigenvalue weighted by molar-refractivity contribution is -0.127. The van der Waals surface area contributed by atoms with Gasteiger partial charge in [0.05, 0.1) is 0 Å². The van der Waals surface area contributed by atoms with Gasteiger partial charge in [-0.05, 0) is 17.5 Å². The largest absolute Gasteiger partial charge is 0.340 e. The number of hydrogen-bond donors (Lipinski definition) is 1. The van der Waals surface area contributed by atoms with E-state index in [4.69, 9.17) is 16.6 Å². The molecule has 1 aromatic carbocycles. The zero-order valence-corrected chi connectivity index (χ0v) is 18.5. The van der Waals surface area contributed by atoms with Crippen LogP contribution in [0.3, 0.4) is 0 Å². The zero-order valence-electron chi connectivity index (χ0n) is 17.7. The Hall–Kier alpha value is -2.32. The summed E-state index contributed by atoms with van der Waals surface area (Å²) in [4.78, 5) is 37.8. The number of urea groups is 1. The smallest absolute Gasteiger partial charge is 0.325 e. The van der Waals surface area contributed by atoms with Gasteiger partial charge in [-0.1, -0.05) is 43.6 Å². The van der Waals surface area contributed by atoms with Crippen molar-refractivity contribution in [3.8, 4) is 0 Å². The number of nitrogens with one attached hydrogen (secondary N) is 1. The molecule has 162 valence electrons. The number of guanidine groups is 1. The number of benzene rings is 1. The summed E-state index contributed by atoms with van der Waals surface area (Å²) in [5.74, 6) is 0.929. The van der Waals surface area contributed by atoms with Crippen molar-refractivity contribution >= 4 is 29.5 Å². The SMILES string of the molecule is CC(C)CN1C(N2CCN(Cc3ccccc3Cl)CC2)=NC2C1C(=O)NC(=O)N2C. The molecule has 0 saturated carbocycles. The minimum atomic E-state index is -0.471. The molecule has 3 aliphatic rings. The van der Waals surface area contributed by atoms with Crippen molar-refractivity contribution in [2.45, 2.75) is 32.6 Å². The van der Waals surface area contributed by atoms with Gasteiger partial charge in [0, 0.05) is 51.3 Å². The van der Waals surface area contributed by atoms with Crippen LogP contribution < -0.4 is 5.32 Å². The van der Waals surface area contributed by atoms with Crippen LogP contribution in [-0.4, -0.2) is 89.5 Å². The third-order valence-corrected chi connectivity index (χ3v) is 6.28. The molecule has 2 unspecified atom stereocenters. The van der Waals surface area contributed by atoms with Gasteiger partial charge in [0.25, 0.3) is 5.91 Å². The second-order valence-electron chi connectivity index (χ2n) is 8.59. The van der Waals surface area contributed by atoms with Gasteiger partial charge in [-0.2, -0.15) is 0 Å². The molecule has 1 N–H and O–H groups in total. The molecule has 0 aliphatic carbocycles.